The minimum Gasteiger partial charge on any atom is -0.394 e. The second-order valence-corrected chi connectivity index (χ2v) is 6.78. The second-order valence-electron chi connectivity index (χ2n) is 5.06. The van der Waals surface area contributed by atoms with Crippen LogP contribution in [-0.2, 0) is 10.0 Å². The van der Waals surface area contributed by atoms with Gasteiger partial charge in [-0.25, -0.2) is 13.1 Å². The molecule has 7 heteroatoms. The van der Waals surface area contributed by atoms with Gasteiger partial charge in [-0.15, -0.1) is 0 Å². The van der Waals surface area contributed by atoms with Gasteiger partial charge in [0, 0.05) is 11.6 Å². The van der Waals surface area contributed by atoms with Crippen LogP contribution >= 0.6 is 0 Å². The number of hydrogen-bond acceptors (Lipinski definition) is 4. The molecule has 118 valence electrons. The Kier molecular flexibility index (Phi) is 6.32. The van der Waals surface area contributed by atoms with Crippen LogP contribution in [0.4, 0.5) is 0 Å². The summed E-state index contributed by atoms with van der Waals surface area (Å²) in [5, 5.41) is 11.7. The number of sulfonamides is 1. The number of carbonyl (C=O) groups is 1. The summed E-state index contributed by atoms with van der Waals surface area (Å²) >= 11 is 0. The van der Waals surface area contributed by atoms with Gasteiger partial charge in [-0.3, -0.25) is 4.79 Å². The van der Waals surface area contributed by atoms with Crippen molar-refractivity contribution in [1.29, 1.82) is 0 Å². The molecule has 1 amide bonds. The first-order chi connectivity index (χ1) is 9.80. The Morgan fingerprint density at radius 3 is 2.24 bits per heavy atom. The van der Waals surface area contributed by atoms with Gasteiger partial charge in [0.15, 0.2) is 0 Å². The van der Waals surface area contributed by atoms with Crippen molar-refractivity contribution in [2.45, 2.75) is 44.2 Å². The zero-order valence-corrected chi connectivity index (χ0v) is 13.3. The minimum atomic E-state index is -3.56. The second kappa shape index (κ2) is 7.53. The molecule has 1 rings (SSSR count). The van der Waals surface area contributed by atoms with Crippen LogP contribution in [0.5, 0.6) is 0 Å². The number of nitrogens with one attached hydrogen (secondary N) is 2. The third kappa shape index (κ3) is 5.11. The summed E-state index contributed by atoms with van der Waals surface area (Å²) < 4.78 is 26.4. The molecule has 0 saturated carbocycles. The van der Waals surface area contributed by atoms with E-state index < -0.39 is 10.0 Å². The van der Waals surface area contributed by atoms with E-state index in [0.717, 1.165) is 0 Å². The predicted octanol–water partition coefficient (Wildman–Crippen LogP) is 0.874. The predicted molar refractivity (Wildman–Crippen MR) is 80.5 cm³/mol. The molecule has 0 unspecified atom stereocenters. The van der Waals surface area contributed by atoms with Crippen LogP contribution in [-0.4, -0.2) is 38.1 Å². The van der Waals surface area contributed by atoms with Gasteiger partial charge in [0.05, 0.1) is 17.5 Å². The van der Waals surface area contributed by atoms with E-state index in [1.54, 1.807) is 13.8 Å². The molecule has 0 radical (unpaired) electrons. The van der Waals surface area contributed by atoms with Crippen molar-refractivity contribution in [3.63, 3.8) is 0 Å². The largest absolute Gasteiger partial charge is 0.394 e. The fourth-order valence-electron chi connectivity index (χ4n) is 1.71. The van der Waals surface area contributed by atoms with Gasteiger partial charge < -0.3 is 10.4 Å². The van der Waals surface area contributed by atoms with Crippen LogP contribution in [0, 0.1) is 0 Å². The molecule has 0 aliphatic carbocycles. The number of aliphatic hydroxyl groups excluding tert-OH is 1. The van der Waals surface area contributed by atoms with Gasteiger partial charge >= 0.3 is 0 Å². The van der Waals surface area contributed by atoms with Gasteiger partial charge in [0.1, 0.15) is 0 Å². The number of amides is 1. The Morgan fingerprint density at radius 1 is 1.24 bits per heavy atom. The van der Waals surface area contributed by atoms with Crippen molar-refractivity contribution < 1.29 is 18.3 Å². The van der Waals surface area contributed by atoms with E-state index in [1.807, 2.05) is 6.92 Å². The smallest absolute Gasteiger partial charge is 0.251 e. The van der Waals surface area contributed by atoms with Crippen LogP contribution < -0.4 is 10.0 Å². The molecule has 21 heavy (non-hydrogen) atoms. The van der Waals surface area contributed by atoms with E-state index in [-0.39, 0.29) is 29.5 Å². The molecular weight excluding hydrogens is 292 g/mol. The lowest BCUT2D eigenvalue weighted by Gasteiger charge is -2.14. The zero-order chi connectivity index (χ0) is 16.0. The molecule has 0 spiro atoms. The maximum absolute atomic E-state index is 11.9. The van der Waals surface area contributed by atoms with E-state index in [4.69, 9.17) is 5.11 Å². The van der Waals surface area contributed by atoms with E-state index >= 15 is 0 Å². The Hall–Kier alpha value is -1.44. The Balaban J connectivity index is 2.85. The highest BCUT2D eigenvalue weighted by Gasteiger charge is 2.16. The number of rotatable bonds is 7. The summed E-state index contributed by atoms with van der Waals surface area (Å²) in [6.45, 7) is 5.19. The minimum absolute atomic E-state index is 0.113. The van der Waals surface area contributed by atoms with Crippen LogP contribution in [0.25, 0.3) is 0 Å². The van der Waals surface area contributed by atoms with Crippen molar-refractivity contribution >= 4 is 15.9 Å². The zero-order valence-electron chi connectivity index (χ0n) is 12.5. The molecule has 0 aromatic heterocycles. The molecule has 6 nitrogen and oxygen atoms in total. The molecule has 3 N–H and O–H groups in total. The van der Waals surface area contributed by atoms with Crippen molar-refractivity contribution in [2.24, 2.45) is 0 Å². The SMILES string of the molecule is CC[C@H](CO)NC(=O)c1ccc(S(=O)(=O)NC(C)C)cc1. The van der Waals surface area contributed by atoms with Crippen LogP contribution in [0.3, 0.4) is 0 Å². The van der Waals surface area contributed by atoms with E-state index in [1.165, 1.54) is 24.3 Å². The maximum atomic E-state index is 11.9. The van der Waals surface area contributed by atoms with Crippen LogP contribution in [0.2, 0.25) is 0 Å². The Labute approximate surface area is 125 Å². The first-order valence-corrected chi connectivity index (χ1v) is 8.32. The highest BCUT2D eigenvalue weighted by molar-refractivity contribution is 7.89. The summed E-state index contributed by atoms with van der Waals surface area (Å²) in [6, 6.07) is 5.18. The molecule has 1 aromatic carbocycles. The van der Waals surface area contributed by atoms with Crippen molar-refractivity contribution in [3.05, 3.63) is 29.8 Å². The van der Waals surface area contributed by atoms with Crippen molar-refractivity contribution in [3.8, 4) is 0 Å². The van der Waals surface area contributed by atoms with Crippen molar-refractivity contribution in [1.82, 2.24) is 10.0 Å². The highest BCUT2D eigenvalue weighted by atomic mass is 32.2. The van der Waals surface area contributed by atoms with E-state index in [0.29, 0.717) is 12.0 Å². The van der Waals surface area contributed by atoms with Gasteiger partial charge in [0.25, 0.3) is 5.91 Å². The Morgan fingerprint density at radius 2 is 1.81 bits per heavy atom. The van der Waals surface area contributed by atoms with E-state index in [9.17, 15) is 13.2 Å². The van der Waals surface area contributed by atoms with Gasteiger partial charge in [-0.1, -0.05) is 6.92 Å². The van der Waals surface area contributed by atoms with Crippen molar-refractivity contribution in [2.75, 3.05) is 6.61 Å². The lowest BCUT2D eigenvalue weighted by atomic mass is 10.2. The quantitative estimate of drug-likeness (QED) is 0.696. The number of benzene rings is 1. The molecule has 0 fully saturated rings. The first kappa shape index (κ1) is 17.6. The third-order valence-corrected chi connectivity index (χ3v) is 4.54. The molecule has 0 heterocycles. The fourth-order valence-corrected chi connectivity index (χ4v) is 2.96. The maximum Gasteiger partial charge on any atom is 0.251 e. The average Bonchev–Trinajstić information content (AvgIpc) is 2.43. The molecule has 1 atom stereocenters. The summed E-state index contributed by atoms with van der Waals surface area (Å²) in [4.78, 5) is 12.0. The lowest BCUT2D eigenvalue weighted by molar-refractivity contribution is 0.0915. The van der Waals surface area contributed by atoms with Crippen LogP contribution in [0.1, 0.15) is 37.6 Å². The molecule has 0 saturated heterocycles. The number of carbonyl (C=O) groups excluding carboxylic acids is 1. The van der Waals surface area contributed by atoms with Gasteiger partial charge in [0.2, 0.25) is 10.0 Å². The normalized spacial score (nSPS) is 13.2. The lowest BCUT2D eigenvalue weighted by Crippen LogP contribution is -2.37. The summed E-state index contributed by atoms with van der Waals surface area (Å²) in [7, 11) is -3.56. The summed E-state index contributed by atoms with van der Waals surface area (Å²) in [5.74, 6) is -0.336. The third-order valence-electron chi connectivity index (χ3n) is 2.87. The number of hydrogen-bond donors (Lipinski definition) is 3. The summed E-state index contributed by atoms with van der Waals surface area (Å²) in [5.41, 5.74) is 0.352. The summed E-state index contributed by atoms with van der Waals surface area (Å²) in [6.07, 6.45) is 0.618. The molecule has 0 aliphatic rings. The fraction of sp³-hybridized carbons (Fsp3) is 0.500. The first-order valence-electron chi connectivity index (χ1n) is 6.84. The Bertz CT molecular complexity index is 563. The standard InChI is InChI=1S/C14H22N2O4S/c1-4-12(9-17)15-14(18)11-5-7-13(8-6-11)21(19,20)16-10(2)3/h5-8,10,12,16-17H,4,9H2,1-3H3,(H,15,18)/t12-/m1/s1. The molecule has 0 bridgehead atoms. The topological polar surface area (TPSA) is 95.5 Å². The highest BCUT2D eigenvalue weighted by Crippen LogP contribution is 2.11. The van der Waals surface area contributed by atoms with Crippen LogP contribution in [0.15, 0.2) is 29.2 Å². The molecular formula is C14H22N2O4S. The average molecular weight is 314 g/mol. The van der Waals surface area contributed by atoms with E-state index in [2.05, 4.69) is 10.0 Å². The number of aliphatic hydroxyl groups is 1. The molecule has 0 aliphatic heterocycles. The molecule has 1 aromatic rings. The van der Waals surface area contributed by atoms with Gasteiger partial charge in [-0.2, -0.15) is 0 Å². The monoisotopic (exact) mass is 314 g/mol. The van der Waals surface area contributed by atoms with Gasteiger partial charge in [-0.05, 0) is 44.5 Å².